The molecule has 0 aliphatic carbocycles. The van der Waals surface area contributed by atoms with Crippen LogP contribution in [0.5, 0.6) is 5.75 Å². The van der Waals surface area contributed by atoms with Crippen molar-refractivity contribution in [1.82, 2.24) is 10.2 Å². The first kappa shape index (κ1) is 16.9. The molecule has 0 fully saturated rings. The summed E-state index contributed by atoms with van der Waals surface area (Å²) in [5.41, 5.74) is 0.322. The Bertz CT molecular complexity index is 658. The van der Waals surface area contributed by atoms with E-state index in [2.05, 4.69) is 5.32 Å². The zero-order valence-electron chi connectivity index (χ0n) is 13.7. The minimum Gasteiger partial charge on any atom is -0.496 e. The van der Waals surface area contributed by atoms with Crippen molar-refractivity contribution in [3.63, 3.8) is 0 Å². The van der Waals surface area contributed by atoms with Gasteiger partial charge < -0.3 is 19.4 Å². The number of urea groups is 1. The first-order valence-electron chi connectivity index (χ1n) is 7.34. The normalized spacial score (nSPS) is 13.3. The van der Waals surface area contributed by atoms with Crippen molar-refractivity contribution in [2.45, 2.75) is 25.9 Å². The van der Waals surface area contributed by atoms with Crippen molar-refractivity contribution in [1.29, 1.82) is 0 Å². The van der Waals surface area contributed by atoms with Gasteiger partial charge in [0.25, 0.3) is 0 Å². The van der Waals surface area contributed by atoms with Crippen LogP contribution in [0.3, 0.4) is 0 Å². The van der Waals surface area contributed by atoms with Crippen molar-refractivity contribution in [3.05, 3.63) is 53.7 Å². The number of hydrogen-bond acceptors (Lipinski definition) is 3. The maximum atomic E-state index is 14.1. The molecular weight excluding hydrogens is 299 g/mol. The summed E-state index contributed by atoms with van der Waals surface area (Å²) < 4.78 is 24.5. The third-order valence-electron chi connectivity index (χ3n) is 3.86. The van der Waals surface area contributed by atoms with Crippen LogP contribution >= 0.6 is 0 Å². The molecular formula is C17H21FN2O3. The lowest BCUT2D eigenvalue weighted by Crippen LogP contribution is -2.40. The molecule has 2 aromatic rings. The molecule has 0 spiro atoms. The van der Waals surface area contributed by atoms with Gasteiger partial charge in [0.15, 0.2) is 0 Å². The van der Waals surface area contributed by atoms with E-state index in [4.69, 9.17) is 9.15 Å². The Kier molecular flexibility index (Phi) is 5.26. The Balaban J connectivity index is 2.11. The van der Waals surface area contributed by atoms with E-state index in [0.29, 0.717) is 17.1 Å². The molecule has 1 N–H and O–H groups in total. The average Bonchev–Trinajstić information content (AvgIpc) is 3.07. The largest absolute Gasteiger partial charge is 0.496 e. The van der Waals surface area contributed by atoms with Crippen LogP contribution < -0.4 is 10.1 Å². The number of ether oxygens (including phenoxy) is 1. The lowest BCUT2D eigenvalue weighted by molar-refractivity contribution is 0.184. The molecule has 23 heavy (non-hydrogen) atoms. The molecule has 2 atom stereocenters. The van der Waals surface area contributed by atoms with Crippen molar-refractivity contribution in [3.8, 4) is 5.75 Å². The van der Waals surface area contributed by atoms with Gasteiger partial charge >= 0.3 is 6.03 Å². The van der Waals surface area contributed by atoms with Crippen molar-refractivity contribution < 1.29 is 18.3 Å². The van der Waals surface area contributed by atoms with Gasteiger partial charge in [0.05, 0.1) is 31.0 Å². The van der Waals surface area contributed by atoms with Crippen molar-refractivity contribution in [2.24, 2.45) is 0 Å². The zero-order chi connectivity index (χ0) is 17.0. The third kappa shape index (κ3) is 3.64. The van der Waals surface area contributed by atoms with Crippen LogP contribution in [0.25, 0.3) is 0 Å². The number of benzene rings is 1. The number of carbonyl (C=O) groups is 1. The van der Waals surface area contributed by atoms with E-state index in [9.17, 15) is 9.18 Å². The fourth-order valence-corrected chi connectivity index (χ4v) is 2.37. The number of furan rings is 1. The molecule has 0 aliphatic rings. The number of hydrogen-bond donors (Lipinski definition) is 1. The molecule has 0 saturated heterocycles. The predicted molar refractivity (Wildman–Crippen MR) is 84.8 cm³/mol. The van der Waals surface area contributed by atoms with E-state index in [1.807, 2.05) is 6.92 Å². The third-order valence-corrected chi connectivity index (χ3v) is 3.86. The van der Waals surface area contributed by atoms with E-state index in [0.717, 1.165) is 0 Å². The highest BCUT2D eigenvalue weighted by Crippen LogP contribution is 2.28. The molecule has 2 amide bonds. The fraction of sp³-hybridized carbons (Fsp3) is 0.353. The Labute approximate surface area is 135 Å². The summed E-state index contributed by atoms with van der Waals surface area (Å²) in [7, 11) is 3.13. The second kappa shape index (κ2) is 7.17. The fourth-order valence-electron chi connectivity index (χ4n) is 2.37. The van der Waals surface area contributed by atoms with Crippen LogP contribution in [0.15, 0.2) is 41.0 Å². The first-order valence-corrected chi connectivity index (χ1v) is 7.34. The molecule has 0 saturated carbocycles. The standard InChI is InChI=1S/C17H21FN2O3/c1-11(16-13(18)7-5-8-15(16)22-4)19-17(21)20(3)12(2)14-9-6-10-23-14/h5-12H,1-4H3,(H,19,21)/t11-,12+/m1/s1. The van der Waals surface area contributed by atoms with E-state index in [-0.39, 0.29) is 12.1 Å². The second-order valence-corrected chi connectivity index (χ2v) is 5.33. The topological polar surface area (TPSA) is 54.7 Å². The molecule has 1 aromatic heterocycles. The highest BCUT2D eigenvalue weighted by Gasteiger charge is 2.23. The molecule has 6 heteroatoms. The monoisotopic (exact) mass is 320 g/mol. The summed E-state index contributed by atoms with van der Waals surface area (Å²) >= 11 is 0. The van der Waals surface area contributed by atoms with Gasteiger partial charge in [-0.3, -0.25) is 0 Å². The van der Waals surface area contributed by atoms with E-state index >= 15 is 0 Å². The summed E-state index contributed by atoms with van der Waals surface area (Å²) in [6.07, 6.45) is 1.56. The lowest BCUT2D eigenvalue weighted by Gasteiger charge is -2.26. The second-order valence-electron chi connectivity index (χ2n) is 5.33. The van der Waals surface area contributed by atoms with Crippen LogP contribution in [0.1, 0.15) is 37.3 Å². The van der Waals surface area contributed by atoms with Gasteiger partial charge in [0.2, 0.25) is 0 Å². The Morgan fingerprint density at radius 3 is 2.65 bits per heavy atom. The highest BCUT2D eigenvalue weighted by atomic mass is 19.1. The van der Waals surface area contributed by atoms with Gasteiger partial charge in [-0.25, -0.2) is 9.18 Å². The van der Waals surface area contributed by atoms with Crippen LogP contribution in [-0.2, 0) is 0 Å². The van der Waals surface area contributed by atoms with Crippen LogP contribution in [0.2, 0.25) is 0 Å². The van der Waals surface area contributed by atoms with Gasteiger partial charge in [-0.2, -0.15) is 0 Å². The SMILES string of the molecule is COc1cccc(F)c1[C@@H](C)NC(=O)N(C)[C@@H](C)c1ccco1. The maximum absolute atomic E-state index is 14.1. The van der Waals surface area contributed by atoms with E-state index in [1.54, 1.807) is 44.5 Å². The minimum atomic E-state index is -0.537. The van der Waals surface area contributed by atoms with Crippen LogP contribution in [0, 0.1) is 5.82 Å². The van der Waals surface area contributed by atoms with E-state index < -0.39 is 11.9 Å². The molecule has 2 rings (SSSR count). The Morgan fingerprint density at radius 2 is 2.04 bits per heavy atom. The summed E-state index contributed by atoms with van der Waals surface area (Å²) in [5.74, 6) is 0.664. The lowest BCUT2D eigenvalue weighted by atomic mass is 10.1. The number of nitrogens with one attached hydrogen (secondary N) is 1. The number of rotatable bonds is 5. The Hall–Kier alpha value is -2.50. The molecule has 124 valence electrons. The summed E-state index contributed by atoms with van der Waals surface area (Å²) in [5, 5.41) is 2.78. The Morgan fingerprint density at radius 1 is 1.30 bits per heavy atom. The number of nitrogens with zero attached hydrogens (tertiary/aromatic N) is 1. The highest BCUT2D eigenvalue weighted by molar-refractivity contribution is 5.75. The maximum Gasteiger partial charge on any atom is 0.318 e. The van der Waals surface area contributed by atoms with Gasteiger partial charge in [-0.15, -0.1) is 0 Å². The molecule has 1 heterocycles. The minimum absolute atomic E-state index is 0.236. The van der Waals surface area contributed by atoms with Gasteiger partial charge in [0, 0.05) is 7.05 Å². The van der Waals surface area contributed by atoms with Crippen LogP contribution in [0.4, 0.5) is 9.18 Å². The zero-order valence-corrected chi connectivity index (χ0v) is 13.7. The number of halogens is 1. The quantitative estimate of drug-likeness (QED) is 0.909. The van der Waals surface area contributed by atoms with E-state index in [1.165, 1.54) is 18.1 Å². The van der Waals surface area contributed by atoms with Crippen LogP contribution in [-0.4, -0.2) is 25.1 Å². The molecule has 0 radical (unpaired) electrons. The summed E-state index contributed by atoms with van der Waals surface area (Å²) in [6, 6.07) is 7.04. The first-order chi connectivity index (χ1) is 11.0. The average molecular weight is 320 g/mol. The smallest absolute Gasteiger partial charge is 0.318 e. The molecule has 0 bridgehead atoms. The predicted octanol–water partition coefficient (Wildman–Crippen LogP) is 3.89. The molecule has 1 aromatic carbocycles. The molecule has 0 aliphatic heterocycles. The van der Waals surface area contributed by atoms with Crippen molar-refractivity contribution in [2.75, 3.05) is 14.2 Å². The number of amides is 2. The molecule has 5 nitrogen and oxygen atoms in total. The van der Waals surface area contributed by atoms with Gasteiger partial charge in [-0.05, 0) is 38.1 Å². The van der Waals surface area contributed by atoms with Crippen molar-refractivity contribution >= 4 is 6.03 Å². The summed E-state index contributed by atoms with van der Waals surface area (Å²) in [4.78, 5) is 13.9. The summed E-state index contributed by atoms with van der Waals surface area (Å²) in [6.45, 7) is 3.57. The number of methoxy groups -OCH3 is 1. The number of carbonyl (C=O) groups excluding carboxylic acids is 1. The van der Waals surface area contributed by atoms with Gasteiger partial charge in [-0.1, -0.05) is 6.07 Å². The van der Waals surface area contributed by atoms with Gasteiger partial charge in [0.1, 0.15) is 17.3 Å². The molecule has 0 unspecified atom stereocenters.